The Morgan fingerprint density at radius 2 is 2.11 bits per heavy atom. The molecule has 1 aromatic rings. The quantitative estimate of drug-likeness (QED) is 0.865. The number of rotatable bonds is 2. The zero-order chi connectivity index (χ0) is 12.5. The van der Waals surface area contributed by atoms with E-state index in [1.165, 1.54) is 31.6 Å². The highest BCUT2D eigenvalue weighted by Crippen LogP contribution is 2.25. The molecule has 1 N–H and O–H groups in total. The summed E-state index contributed by atoms with van der Waals surface area (Å²) in [6.45, 7) is 2.42. The van der Waals surface area contributed by atoms with Crippen molar-refractivity contribution in [2.75, 3.05) is 20.1 Å². The van der Waals surface area contributed by atoms with E-state index < -0.39 is 0 Å². The first-order valence-electron chi connectivity index (χ1n) is 7.15. The Hall–Kier alpha value is -0.870. The van der Waals surface area contributed by atoms with E-state index in [2.05, 4.69) is 18.1 Å². The van der Waals surface area contributed by atoms with Gasteiger partial charge in [-0.1, -0.05) is 0 Å². The van der Waals surface area contributed by atoms with Gasteiger partial charge in [-0.3, -0.25) is 0 Å². The number of hydrogen-bond acceptors (Lipinski definition) is 3. The first-order chi connectivity index (χ1) is 8.72. The van der Waals surface area contributed by atoms with Crippen molar-refractivity contribution in [2.45, 2.75) is 44.8 Å². The Bertz CT molecular complexity index is 407. The van der Waals surface area contributed by atoms with E-state index >= 15 is 0 Å². The molecule has 0 amide bonds. The van der Waals surface area contributed by atoms with E-state index in [9.17, 15) is 5.11 Å². The third-order valence-electron chi connectivity index (χ3n) is 4.38. The van der Waals surface area contributed by atoms with E-state index in [-0.39, 0.29) is 6.23 Å². The molecule has 0 radical (unpaired) electrons. The van der Waals surface area contributed by atoms with Crippen LogP contribution in [0.4, 0.5) is 0 Å². The number of hydrogen-bond donors (Lipinski definition) is 1. The van der Waals surface area contributed by atoms with Crippen LogP contribution >= 0.6 is 0 Å². The maximum atomic E-state index is 9.93. The SMILES string of the molecule is CN1CCC(Cc2cn3c(n2)CCCC3O)CC1. The molecule has 18 heavy (non-hydrogen) atoms. The van der Waals surface area contributed by atoms with E-state index in [0.717, 1.165) is 37.4 Å². The molecule has 0 aromatic carbocycles. The Morgan fingerprint density at radius 1 is 1.33 bits per heavy atom. The second kappa shape index (κ2) is 5.02. The number of imidazole rings is 1. The lowest BCUT2D eigenvalue weighted by molar-refractivity contribution is 0.0780. The van der Waals surface area contributed by atoms with Gasteiger partial charge in [0.15, 0.2) is 0 Å². The Morgan fingerprint density at radius 3 is 2.83 bits per heavy atom. The zero-order valence-corrected chi connectivity index (χ0v) is 11.2. The van der Waals surface area contributed by atoms with Crippen LogP contribution in [-0.2, 0) is 12.8 Å². The molecule has 2 aliphatic rings. The van der Waals surface area contributed by atoms with Crippen LogP contribution in [-0.4, -0.2) is 39.7 Å². The molecule has 1 saturated heterocycles. The van der Waals surface area contributed by atoms with Crippen molar-refractivity contribution in [3.63, 3.8) is 0 Å². The predicted octanol–water partition coefficient (Wildman–Crippen LogP) is 1.59. The molecule has 0 saturated carbocycles. The molecule has 0 aliphatic carbocycles. The van der Waals surface area contributed by atoms with Crippen LogP contribution in [0.1, 0.15) is 43.4 Å². The molecule has 1 unspecified atom stereocenters. The standard InChI is InChI=1S/C14H23N3O/c1-16-7-5-11(6-8-16)9-12-10-17-13(15-12)3-2-4-14(17)18/h10-11,14,18H,2-9H2,1H3. The van der Waals surface area contributed by atoms with Gasteiger partial charge in [0.2, 0.25) is 0 Å². The van der Waals surface area contributed by atoms with Crippen molar-refractivity contribution in [3.8, 4) is 0 Å². The number of nitrogens with zero attached hydrogens (tertiary/aromatic N) is 3. The highest BCUT2D eigenvalue weighted by molar-refractivity contribution is 5.08. The topological polar surface area (TPSA) is 41.3 Å². The van der Waals surface area contributed by atoms with Gasteiger partial charge in [0, 0.05) is 12.6 Å². The molecule has 1 atom stereocenters. The molecular formula is C14H23N3O. The second-order valence-electron chi connectivity index (χ2n) is 5.88. The molecule has 0 spiro atoms. The molecule has 1 aromatic heterocycles. The fourth-order valence-corrected chi connectivity index (χ4v) is 3.17. The van der Waals surface area contributed by atoms with Crippen molar-refractivity contribution in [1.82, 2.24) is 14.5 Å². The molecule has 3 rings (SSSR count). The van der Waals surface area contributed by atoms with Crippen LogP contribution in [0.2, 0.25) is 0 Å². The average Bonchev–Trinajstić information content (AvgIpc) is 2.76. The van der Waals surface area contributed by atoms with Crippen molar-refractivity contribution in [2.24, 2.45) is 5.92 Å². The van der Waals surface area contributed by atoms with Gasteiger partial charge in [0.05, 0.1) is 5.69 Å². The van der Waals surface area contributed by atoms with Gasteiger partial charge in [0.25, 0.3) is 0 Å². The number of aliphatic hydroxyl groups excluding tert-OH is 1. The summed E-state index contributed by atoms with van der Waals surface area (Å²) in [5, 5.41) is 9.93. The van der Waals surface area contributed by atoms with Crippen molar-refractivity contribution < 1.29 is 5.11 Å². The van der Waals surface area contributed by atoms with E-state index in [1.54, 1.807) is 0 Å². The highest BCUT2D eigenvalue weighted by atomic mass is 16.3. The molecule has 4 heteroatoms. The van der Waals surface area contributed by atoms with Gasteiger partial charge in [0.1, 0.15) is 12.1 Å². The average molecular weight is 249 g/mol. The smallest absolute Gasteiger partial charge is 0.131 e. The number of piperidine rings is 1. The van der Waals surface area contributed by atoms with Crippen LogP contribution in [0.15, 0.2) is 6.20 Å². The lowest BCUT2D eigenvalue weighted by Gasteiger charge is -2.28. The lowest BCUT2D eigenvalue weighted by Crippen LogP contribution is -2.31. The van der Waals surface area contributed by atoms with Crippen LogP contribution in [0.3, 0.4) is 0 Å². The van der Waals surface area contributed by atoms with Crippen molar-refractivity contribution in [3.05, 3.63) is 17.7 Å². The summed E-state index contributed by atoms with van der Waals surface area (Å²) in [4.78, 5) is 7.10. The normalized spacial score (nSPS) is 26.2. The fraction of sp³-hybridized carbons (Fsp3) is 0.786. The monoisotopic (exact) mass is 249 g/mol. The summed E-state index contributed by atoms with van der Waals surface area (Å²) in [7, 11) is 2.20. The van der Waals surface area contributed by atoms with Gasteiger partial charge in [-0.2, -0.15) is 0 Å². The number of aryl methyl sites for hydroxylation is 1. The van der Waals surface area contributed by atoms with Crippen LogP contribution in [0.25, 0.3) is 0 Å². The molecule has 0 bridgehead atoms. The molecule has 2 aliphatic heterocycles. The number of aromatic nitrogens is 2. The summed E-state index contributed by atoms with van der Waals surface area (Å²) >= 11 is 0. The summed E-state index contributed by atoms with van der Waals surface area (Å²) < 4.78 is 1.98. The third kappa shape index (κ3) is 2.45. The van der Waals surface area contributed by atoms with Crippen LogP contribution in [0.5, 0.6) is 0 Å². The number of likely N-dealkylation sites (tertiary alicyclic amines) is 1. The maximum Gasteiger partial charge on any atom is 0.131 e. The fourth-order valence-electron chi connectivity index (χ4n) is 3.17. The van der Waals surface area contributed by atoms with Gasteiger partial charge < -0.3 is 14.6 Å². The van der Waals surface area contributed by atoms with Gasteiger partial charge in [-0.15, -0.1) is 0 Å². The largest absolute Gasteiger partial charge is 0.373 e. The molecule has 3 heterocycles. The molecular weight excluding hydrogens is 226 g/mol. The summed E-state index contributed by atoms with van der Waals surface area (Å²) in [5.41, 5.74) is 1.18. The minimum atomic E-state index is -0.340. The number of aliphatic hydroxyl groups is 1. The van der Waals surface area contributed by atoms with Gasteiger partial charge in [-0.05, 0) is 58.2 Å². The minimum Gasteiger partial charge on any atom is -0.373 e. The van der Waals surface area contributed by atoms with E-state index in [1.807, 2.05) is 4.57 Å². The Kier molecular flexibility index (Phi) is 3.39. The summed E-state index contributed by atoms with van der Waals surface area (Å²) in [5.74, 6) is 1.85. The van der Waals surface area contributed by atoms with Gasteiger partial charge in [-0.25, -0.2) is 4.98 Å². The summed E-state index contributed by atoms with van der Waals surface area (Å²) in [6.07, 6.45) is 8.33. The molecule has 4 nitrogen and oxygen atoms in total. The van der Waals surface area contributed by atoms with Crippen molar-refractivity contribution in [1.29, 1.82) is 0 Å². The van der Waals surface area contributed by atoms with Gasteiger partial charge >= 0.3 is 0 Å². The lowest BCUT2D eigenvalue weighted by atomic mass is 9.93. The second-order valence-corrected chi connectivity index (χ2v) is 5.88. The molecule has 1 fully saturated rings. The van der Waals surface area contributed by atoms with E-state index in [0.29, 0.717) is 0 Å². The van der Waals surface area contributed by atoms with Crippen molar-refractivity contribution >= 4 is 0 Å². The third-order valence-corrected chi connectivity index (χ3v) is 4.38. The first kappa shape index (κ1) is 12.2. The van der Waals surface area contributed by atoms with Crippen LogP contribution in [0, 0.1) is 5.92 Å². The van der Waals surface area contributed by atoms with E-state index in [4.69, 9.17) is 4.98 Å². The Balaban J connectivity index is 1.66. The number of fused-ring (bicyclic) bond motifs is 1. The predicted molar refractivity (Wildman–Crippen MR) is 70.3 cm³/mol. The minimum absolute atomic E-state index is 0.340. The zero-order valence-electron chi connectivity index (χ0n) is 11.2. The Labute approximate surface area is 109 Å². The highest BCUT2D eigenvalue weighted by Gasteiger charge is 2.22. The first-order valence-corrected chi connectivity index (χ1v) is 7.15. The van der Waals surface area contributed by atoms with Crippen LogP contribution < -0.4 is 0 Å². The maximum absolute atomic E-state index is 9.93. The summed E-state index contributed by atoms with van der Waals surface area (Å²) in [6, 6.07) is 0. The molecule has 100 valence electrons.